The summed E-state index contributed by atoms with van der Waals surface area (Å²) in [5.41, 5.74) is 8.80. The lowest BCUT2D eigenvalue weighted by Crippen LogP contribution is -2.25. The van der Waals surface area contributed by atoms with Crippen molar-refractivity contribution >= 4 is 22.6 Å². The minimum absolute atomic E-state index is 0.105. The Balaban J connectivity index is 1.58. The molecule has 21 heavy (non-hydrogen) atoms. The van der Waals surface area contributed by atoms with Crippen LogP contribution in [0.1, 0.15) is 16.2 Å². The number of nitrogens with two attached hydrogens (primary N) is 1. The number of aromatic amines is 1. The van der Waals surface area contributed by atoms with E-state index in [9.17, 15) is 4.79 Å². The standard InChI is InChI=1S/C16H16N4O/c17-12-7-5-11(6-8-12)16(21)18-10-9-15-19-13-3-1-2-4-14(13)20-15/h1-8H,9-10,17H2,(H,18,21)(H,19,20). The van der Waals surface area contributed by atoms with Gasteiger partial charge in [-0.1, -0.05) is 12.1 Å². The Labute approximate surface area is 122 Å². The summed E-state index contributed by atoms with van der Waals surface area (Å²) in [7, 11) is 0. The molecule has 4 N–H and O–H groups in total. The zero-order valence-corrected chi connectivity index (χ0v) is 11.5. The molecule has 5 nitrogen and oxygen atoms in total. The average Bonchev–Trinajstić information content (AvgIpc) is 2.90. The lowest BCUT2D eigenvalue weighted by molar-refractivity contribution is 0.0954. The van der Waals surface area contributed by atoms with Crippen LogP contribution in [0.2, 0.25) is 0 Å². The second kappa shape index (κ2) is 5.66. The van der Waals surface area contributed by atoms with Crippen LogP contribution < -0.4 is 11.1 Å². The number of anilines is 1. The molecule has 0 atom stereocenters. The summed E-state index contributed by atoms with van der Waals surface area (Å²) >= 11 is 0. The Morgan fingerprint density at radius 3 is 2.67 bits per heavy atom. The minimum Gasteiger partial charge on any atom is -0.399 e. The third-order valence-corrected chi connectivity index (χ3v) is 3.26. The van der Waals surface area contributed by atoms with E-state index in [-0.39, 0.29) is 5.91 Å². The van der Waals surface area contributed by atoms with Crippen LogP contribution in [0.4, 0.5) is 5.69 Å². The number of amides is 1. The highest BCUT2D eigenvalue weighted by atomic mass is 16.1. The van der Waals surface area contributed by atoms with E-state index in [0.29, 0.717) is 24.2 Å². The summed E-state index contributed by atoms with van der Waals surface area (Å²) < 4.78 is 0. The van der Waals surface area contributed by atoms with E-state index in [1.165, 1.54) is 0 Å². The first-order chi connectivity index (χ1) is 10.2. The molecule has 1 aromatic heterocycles. The van der Waals surface area contributed by atoms with Gasteiger partial charge < -0.3 is 16.0 Å². The molecule has 5 heteroatoms. The van der Waals surface area contributed by atoms with Crippen molar-refractivity contribution in [3.8, 4) is 0 Å². The molecular weight excluding hydrogens is 264 g/mol. The first kappa shape index (κ1) is 13.2. The molecule has 3 aromatic rings. The van der Waals surface area contributed by atoms with E-state index in [2.05, 4.69) is 15.3 Å². The Hall–Kier alpha value is -2.82. The Morgan fingerprint density at radius 2 is 1.90 bits per heavy atom. The van der Waals surface area contributed by atoms with Crippen molar-refractivity contribution < 1.29 is 4.79 Å². The van der Waals surface area contributed by atoms with Gasteiger partial charge in [0, 0.05) is 24.2 Å². The lowest BCUT2D eigenvalue weighted by atomic mass is 10.2. The fraction of sp³-hybridized carbons (Fsp3) is 0.125. The second-order valence-electron chi connectivity index (χ2n) is 4.83. The third-order valence-electron chi connectivity index (χ3n) is 3.26. The van der Waals surface area contributed by atoms with Crippen LogP contribution in [-0.2, 0) is 6.42 Å². The van der Waals surface area contributed by atoms with Crippen molar-refractivity contribution in [2.75, 3.05) is 12.3 Å². The van der Waals surface area contributed by atoms with Gasteiger partial charge in [0.1, 0.15) is 5.82 Å². The number of nitrogen functional groups attached to an aromatic ring is 1. The highest BCUT2D eigenvalue weighted by molar-refractivity contribution is 5.94. The van der Waals surface area contributed by atoms with Gasteiger partial charge in [0.15, 0.2) is 0 Å². The molecule has 0 aliphatic rings. The monoisotopic (exact) mass is 280 g/mol. The molecule has 0 fully saturated rings. The zero-order chi connectivity index (χ0) is 14.7. The van der Waals surface area contributed by atoms with E-state index >= 15 is 0 Å². The van der Waals surface area contributed by atoms with E-state index in [4.69, 9.17) is 5.73 Å². The van der Waals surface area contributed by atoms with E-state index in [1.54, 1.807) is 24.3 Å². The summed E-state index contributed by atoms with van der Waals surface area (Å²) in [6, 6.07) is 14.7. The zero-order valence-electron chi connectivity index (χ0n) is 11.5. The Morgan fingerprint density at radius 1 is 1.14 bits per heavy atom. The van der Waals surface area contributed by atoms with Gasteiger partial charge in [0.25, 0.3) is 5.91 Å². The van der Waals surface area contributed by atoms with Crippen LogP contribution in [0, 0.1) is 0 Å². The number of imidazole rings is 1. The number of carbonyl (C=O) groups excluding carboxylic acids is 1. The molecule has 1 heterocycles. The van der Waals surface area contributed by atoms with Crippen molar-refractivity contribution in [2.45, 2.75) is 6.42 Å². The topological polar surface area (TPSA) is 83.8 Å². The summed E-state index contributed by atoms with van der Waals surface area (Å²) in [4.78, 5) is 19.6. The summed E-state index contributed by atoms with van der Waals surface area (Å²) in [6.45, 7) is 0.531. The number of carbonyl (C=O) groups is 1. The highest BCUT2D eigenvalue weighted by Crippen LogP contribution is 2.10. The summed E-state index contributed by atoms with van der Waals surface area (Å²) in [5, 5.41) is 2.87. The van der Waals surface area contributed by atoms with Crippen LogP contribution in [-0.4, -0.2) is 22.4 Å². The van der Waals surface area contributed by atoms with Gasteiger partial charge in [0.2, 0.25) is 0 Å². The molecular formula is C16H16N4O. The molecule has 0 spiro atoms. The van der Waals surface area contributed by atoms with Crippen LogP contribution in [0.3, 0.4) is 0 Å². The van der Waals surface area contributed by atoms with E-state index < -0.39 is 0 Å². The van der Waals surface area contributed by atoms with Crippen LogP contribution >= 0.6 is 0 Å². The van der Waals surface area contributed by atoms with Crippen molar-refractivity contribution in [1.82, 2.24) is 15.3 Å². The predicted octanol–water partition coefficient (Wildman–Crippen LogP) is 2.12. The molecule has 0 aliphatic carbocycles. The van der Waals surface area contributed by atoms with Gasteiger partial charge in [0.05, 0.1) is 11.0 Å². The largest absolute Gasteiger partial charge is 0.399 e. The molecule has 106 valence electrons. The van der Waals surface area contributed by atoms with Gasteiger partial charge in [-0.15, -0.1) is 0 Å². The van der Waals surface area contributed by atoms with E-state index in [1.807, 2.05) is 24.3 Å². The fourth-order valence-corrected chi connectivity index (χ4v) is 2.16. The maximum absolute atomic E-state index is 11.9. The molecule has 0 radical (unpaired) electrons. The van der Waals surface area contributed by atoms with Crippen molar-refractivity contribution in [3.05, 3.63) is 59.9 Å². The smallest absolute Gasteiger partial charge is 0.251 e. The molecule has 1 amide bonds. The number of nitrogens with one attached hydrogen (secondary N) is 2. The normalized spacial score (nSPS) is 10.7. The van der Waals surface area contributed by atoms with Crippen LogP contribution in [0.5, 0.6) is 0 Å². The summed E-state index contributed by atoms with van der Waals surface area (Å²) in [5.74, 6) is 0.764. The summed E-state index contributed by atoms with van der Waals surface area (Å²) in [6.07, 6.45) is 0.662. The average molecular weight is 280 g/mol. The molecule has 0 aliphatic heterocycles. The van der Waals surface area contributed by atoms with Crippen molar-refractivity contribution in [2.24, 2.45) is 0 Å². The number of hydrogen-bond donors (Lipinski definition) is 3. The molecule has 0 saturated carbocycles. The molecule has 3 rings (SSSR count). The first-order valence-electron chi connectivity index (χ1n) is 6.80. The maximum Gasteiger partial charge on any atom is 0.251 e. The van der Waals surface area contributed by atoms with Gasteiger partial charge in [-0.05, 0) is 36.4 Å². The lowest BCUT2D eigenvalue weighted by Gasteiger charge is -2.04. The van der Waals surface area contributed by atoms with Crippen molar-refractivity contribution in [3.63, 3.8) is 0 Å². The van der Waals surface area contributed by atoms with Crippen LogP contribution in [0.15, 0.2) is 48.5 Å². The van der Waals surface area contributed by atoms with Crippen molar-refractivity contribution in [1.29, 1.82) is 0 Å². The number of para-hydroxylation sites is 2. The second-order valence-corrected chi connectivity index (χ2v) is 4.83. The minimum atomic E-state index is -0.105. The van der Waals surface area contributed by atoms with Gasteiger partial charge in [-0.3, -0.25) is 4.79 Å². The van der Waals surface area contributed by atoms with Gasteiger partial charge >= 0.3 is 0 Å². The molecule has 0 bridgehead atoms. The number of nitrogens with zero attached hydrogens (tertiary/aromatic N) is 1. The predicted molar refractivity (Wildman–Crippen MR) is 83.0 cm³/mol. The Kier molecular flexibility index (Phi) is 3.55. The molecule has 0 saturated heterocycles. The quantitative estimate of drug-likeness (QED) is 0.640. The van der Waals surface area contributed by atoms with Gasteiger partial charge in [-0.25, -0.2) is 4.98 Å². The number of hydrogen-bond acceptors (Lipinski definition) is 3. The number of rotatable bonds is 4. The van der Waals surface area contributed by atoms with Crippen LogP contribution in [0.25, 0.3) is 11.0 Å². The third kappa shape index (κ3) is 3.02. The number of fused-ring (bicyclic) bond motifs is 1. The number of H-pyrrole nitrogens is 1. The molecule has 2 aromatic carbocycles. The van der Waals surface area contributed by atoms with E-state index in [0.717, 1.165) is 16.9 Å². The number of aromatic nitrogens is 2. The number of benzene rings is 2. The first-order valence-corrected chi connectivity index (χ1v) is 6.80. The fourth-order valence-electron chi connectivity index (χ4n) is 2.16. The molecule has 0 unspecified atom stereocenters. The van der Waals surface area contributed by atoms with Gasteiger partial charge in [-0.2, -0.15) is 0 Å². The Bertz CT molecular complexity index is 728. The highest BCUT2D eigenvalue weighted by Gasteiger charge is 2.06. The maximum atomic E-state index is 11.9. The SMILES string of the molecule is Nc1ccc(C(=O)NCCc2nc3ccccc3[nH]2)cc1.